The van der Waals surface area contributed by atoms with E-state index in [1.165, 1.54) is 19.3 Å². The third kappa shape index (κ3) is 4.28. The second-order valence-electron chi connectivity index (χ2n) is 5.83. The summed E-state index contributed by atoms with van der Waals surface area (Å²) in [5.74, 6) is 2.05. The number of aliphatic hydroxyl groups excluding tert-OH is 1. The average Bonchev–Trinajstić information content (AvgIpc) is 2.70. The van der Waals surface area contributed by atoms with Crippen molar-refractivity contribution in [1.82, 2.24) is 15.0 Å². The third-order valence-corrected chi connectivity index (χ3v) is 3.63. The maximum absolute atomic E-state index is 8.98. The molecule has 5 nitrogen and oxygen atoms in total. The highest BCUT2D eigenvalue weighted by Crippen LogP contribution is 2.26. The van der Waals surface area contributed by atoms with Crippen molar-refractivity contribution in [2.45, 2.75) is 58.5 Å². The van der Waals surface area contributed by atoms with Crippen LogP contribution >= 0.6 is 0 Å². The average molecular weight is 267 g/mol. The van der Waals surface area contributed by atoms with Gasteiger partial charge in [0, 0.05) is 25.6 Å². The van der Waals surface area contributed by atoms with Gasteiger partial charge in [0.2, 0.25) is 5.89 Å². The Hall–Kier alpha value is -0.940. The van der Waals surface area contributed by atoms with Crippen molar-refractivity contribution in [2.75, 3.05) is 13.2 Å². The largest absolute Gasteiger partial charge is 0.396 e. The summed E-state index contributed by atoms with van der Waals surface area (Å²) in [6.07, 6.45) is 5.47. The molecule has 5 heteroatoms. The Morgan fingerprint density at radius 3 is 2.79 bits per heavy atom. The Kier molecular flexibility index (Phi) is 5.34. The lowest BCUT2D eigenvalue weighted by Crippen LogP contribution is -2.40. The van der Waals surface area contributed by atoms with Gasteiger partial charge in [-0.25, -0.2) is 0 Å². The molecule has 1 saturated carbocycles. The van der Waals surface area contributed by atoms with Crippen molar-refractivity contribution >= 4 is 0 Å². The van der Waals surface area contributed by atoms with Gasteiger partial charge in [0.15, 0.2) is 5.82 Å². The Labute approximate surface area is 115 Å². The van der Waals surface area contributed by atoms with E-state index in [2.05, 4.69) is 28.9 Å². The first-order valence-corrected chi connectivity index (χ1v) is 7.35. The normalized spacial score (nSPS) is 16.3. The third-order valence-electron chi connectivity index (χ3n) is 3.63. The molecule has 1 fully saturated rings. The molecular weight excluding hydrogens is 242 g/mol. The molecule has 19 heavy (non-hydrogen) atoms. The van der Waals surface area contributed by atoms with Gasteiger partial charge in [0.25, 0.3) is 0 Å². The van der Waals surface area contributed by atoms with Crippen molar-refractivity contribution in [3.8, 4) is 0 Å². The maximum atomic E-state index is 8.98. The van der Waals surface area contributed by atoms with E-state index in [4.69, 9.17) is 9.63 Å². The predicted molar refractivity (Wildman–Crippen MR) is 72.6 cm³/mol. The molecule has 0 bridgehead atoms. The molecule has 0 atom stereocenters. The van der Waals surface area contributed by atoms with E-state index in [0.717, 1.165) is 37.6 Å². The number of rotatable bonds is 8. The number of aromatic nitrogens is 2. The summed E-state index contributed by atoms with van der Waals surface area (Å²) in [5, 5.41) is 13.0. The van der Waals surface area contributed by atoms with Crippen LogP contribution in [0.3, 0.4) is 0 Å². The van der Waals surface area contributed by atoms with Crippen LogP contribution < -0.4 is 0 Å². The highest BCUT2D eigenvalue weighted by atomic mass is 16.5. The Balaban J connectivity index is 1.90. The SMILES string of the molecule is CC(C)Cc1nc(CN(CCCO)C2CCC2)no1. The van der Waals surface area contributed by atoms with Crippen molar-refractivity contribution in [2.24, 2.45) is 5.92 Å². The van der Waals surface area contributed by atoms with E-state index in [9.17, 15) is 0 Å². The molecule has 1 aromatic heterocycles. The van der Waals surface area contributed by atoms with Crippen LogP contribution in [0.5, 0.6) is 0 Å². The van der Waals surface area contributed by atoms with E-state index in [0.29, 0.717) is 12.0 Å². The Bertz CT molecular complexity index is 375. The fourth-order valence-electron chi connectivity index (χ4n) is 2.38. The molecule has 0 unspecified atom stereocenters. The van der Waals surface area contributed by atoms with Gasteiger partial charge in [-0.05, 0) is 25.2 Å². The number of nitrogens with zero attached hydrogens (tertiary/aromatic N) is 3. The molecule has 0 saturated heterocycles. The van der Waals surface area contributed by atoms with Crippen molar-refractivity contribution in [1.29, 1.82) is 0 Å². The minimum atomic E-state index is 0.244. The predicted octanol–water partition coefficient (Wildman–Crippen LogP) is 2.00. The minimum Gasteiger partial charge on any atom is -0.396 e. The van der Waals surface area contributed by atoms with E-state index in [1.54, 1.807) is 0 Å². The summed E-state index contributed by atoms with van der Waals surface area (Å²) in [7, 11) is 0. The highest BCUT2D eigenvalue weighted by molar-refractivity contribution is 4.90. The molecule has 0 aliphatic heterocycles. The summed E-state index contributed by atoms with van der Waals surface area (Å²) in [5.41, 5.74) is 0. The summed E-state index contributed by atoms with van der Waals surface area (Å²) >= 11 is 0. The molecule has 0 radical (unpaired) electrons. The second kappa shape index (κ2) is 7.01. The van der Waals surface area contributed by atoms with Gasteiger partial charge in [-0.15, -0.1) is 0 Å². The van der Waals surface area contributed by atoms with Gasteiger partial charge in [0.05, 0.1) is 6.54 Å². The van der Waals surface area contributed by atoms with Crippen LogP contribution in [0, 0.1) is 5.92 Å². The van der Waals surface area contributed by atoms with Crippen LogP contribution in [-0.4, -0.2) is 39.3 Å². The van der Waals surface area contributed by atoms with Crippen LogP contribution in [0.15, 0.2) is 4.52 Å². The van der Waals surface area contributed by atoms with Gasteiger partial charge < -0.3 is 9.63 Å². The summed E-state index contributed by atoms with van der Waals surface area (Å²) in [4.78, 5) is 6.84. The number of hydrogen-bond donors (Lipinski definition) is 1. The molecule has 108 valence electrons. The maximum Gasteiger partial charge on any atom is 0.226 e. The molecule has 1 aliphatic rings. The standard InChI is InChI=1S/C14H25N3O2/c1-11(2)9-14-15-13(16-19-14)10-17(7-4-8-18)12-5-3-6-12/h11-12,18H,3-10H2,1-2H3. The van der Waals surface area contributed by atoms with E-state index < -0.39 is 0 Å². The van der Waals surface area contributed by atoms with Gasteiger partial charge in [-0.3, -0.25) is 4.90 Å². The van der Waals surface area contributed by atoms with E-state index >= 15 is 0 Å². The van der Waals surface area contributed by atoms with Crippen LogP contribution in [0.25, 0.3) is 0 Å². The number of hydrogen-bond acceptors (Lipinski definition) is 5. The lowest BCUT2D eigenvalue weighted by atomic mass is 9.91. The zero-order valence-corrected chi connectivity index (χ0v) is 12.0. The first-order chi connectivity index (χ1) is 9.19. The molecular formula is C14H25N3O2. The lowest BCUT2D eigenvalue weighted by molar-refractivity contribution is 0.105. The van der Waals surface area contributed by atoms with Crippen LogP contribution in [0.4, 0.5) is 0 Å². The zero-order chi connectivity index (χ0) is 13.7. The Morgan fingerprint density at radius 1 is 1.42 bits per heavy atom. The quantitative estimate of drug-likeness (QED) is 0.780. The first-order valence-electron chi connectivity index (χ1n) is 7.35. The van der Waals surface area contributed by atoms with Gasteiger partial charge in [-0.2, -0.15) is 4.98 Å². The minimum absolute atomic E-state index is 0.244. The molecule has 1 aliphatic carbocycles. The van der Waals surface area contributed by atoms with E-state index in [-0.39, 0.29) is 6.61 Å². The second-order valence-corrected chi connectivity index (χ2v) is 5.83. The molecule has 1 aromatic rings. The number of aliphatic hydroxyl groups is 1. The van der Waals surface area contributed by atoms with Crippen LogP contribution in [0.2, 0.25) is 0 Å². The van der Waals surface area contributed by atoms with E-state index in [1.807, 2.05) is 0 Å². The molecule has 0 aromatic carbocycles. The van der Waals surface area contributed by atoms with Crippen molar-refractivity contribution in [3.05, 3.63) is 11.7 Å². The molecule has 1 N–H and O–H groups in total. The Morgan fingerprint density at radius 2 is 2.21 bits per heavy atom. The molecule has 2 rings (SSSR count). The van der Waals surface area contributed by atoms with Gasteiger partial charge in [-0.1, -0.05) is 25.4 Å². The van der Waals surface area contributed by atoms with Crippen molar-refractivity contribution < 1.29 is 9.63 Å². The fourth-order valence-corrected chi connectivity index (χ4v) is 2.38. The fraction of sp³-hybridized carbons (Fsp3) is 0.857. The summed E-state index contributed by atoms with van der Waals surface area (Å²) < 4.78 is 5.28. The molecule has 0 spiro atoms. The zero-order valence-electron chi connectivity index (χ0n) is 12.0. The van der Waals surface area contributed by atoms with Crippen LogP contribution in [-0.2, 0) is 13.0 Å². The van der Waals surface area contributed by atoms with Crippen LogP contribution in [0.1, 0.15) is 51.2 Å². The highest BCUT2D eigenvalue weighted by Gasteiger charge is 2.25. The molecule has 1 heterocycles. The topological polar surface area (TPSA) is 62.4 Å². The van der Waals surface area contributed by atoms with Crippen molar-refractivity contribution in [3.63, 3.8) is 0 Å². The van der Waals surface area contributed by atoms with Gasteiger partial charge in [0.1, 0.15) is 0 Å². The monoisotopic (exact) mass is 267 g/mol. The molecule has 0 amide bonds. The summed E-state index contributed by atoms with van der Waals surface area (Å²) in [6.45, 7) is 6.19. The summed E-state index contributed by atoms with van der Waals surface area (Å²) in [6, 6.07) is 0.638. The smallest absolute Gasteiger partial charge is 0.226 e. The first kappa shape index (κ1) is 14.5. The lowest BCUT2D eigenvalue weighted by Gasteiger charge is -2.36. The van der Waals surface area contributed by atoms with Gasteiger partial charge >= 0.3 is 0 Å².